The molecule has 1 aliphatic rings. The molecular formula is C21H24FN3O2. The molecule has 6 heteroatoms. The van der Waals surface area contributed by atoms with Crippen LogP contribution in [0.15, 0.2) is 48.5 Å². The van der Waals surface area contributed by atoms with Gasteiger partial charge in [-0.15, -0.1) is 0 Å². The minimum atomic E-state index is -0.461. The second kappa shape index (κ2) is 8.77. The zero-order valence-electron chi connectivity index (χ0n) is 15.1. The molecule has 2 aromatic carbocycles. The van der Waals surface area contributed by atoms with Crippen molar-refractivity contribution in [2.45, 2.75) is 44.3 Å². The summed E-state index contributed by atoms with van der Waals surface area (Å²) >= 11 is 0. The quantitative estimate of drug-likeness (QED) is 0.668. The first kappa shape index (κ1) is 19.0. The van der Waals surface area contributed by atoms with Crippen LogP contribution in [-0.2, 0) is 17.8 Å². The monoisotopic (exact) mass is 369 g/mol. The van der Waals surface area contributed by atoms with Crippen LogP contribution < -0.4 is 16.4 Å². The van der Waals surface area contributed by atoms with E-state index >= 15 is 0 Å². The third kappa shape index (κ3) is 5.89. The fourth-order valence-electron chi connectivity index (χ4n) is 2.85. The molecule has 4 N–H and O–H groups in total. The number of benzene rings is 2. The van der Waals surface area contributed by atoms with Crippen LogP contribution >= 0.6 is 0 Å². The Kier molecular flexibility index (Phi) is 6.19. The van der Waals surface area contributed by atoms with Crippen molar-refractivity contribution in [3.63, 3.8) is 0 Å². The highest BCUT2D eigenvalue weighted by Crippen LogP contribution is 2.19. The average Bonchev–Trinajstić information content (AvgIpc) is 3.46. The normalized spacial score (nSPS) is 14.4. The van der Waals surface area contributed by atoms with Crippen molar-refractivity contribution in [2.24, 2.45) is 5.73 Å². The van der Waals surface area contributed by atoms with E-state index in [0.29, 0.717) is 30.1 Å². The fraction of sp³-hybridized carbons (Fsp3) is 0.333. The van der Waals surface area contributed by atoms with Crippen molar-refractivity contribution in [1.82, 2.24) is 10.6 Å². The number of nitrogens with one attached hydrogen (secondary N) is 2. The number of carbonyl (C=O) groups excluding carboxylic acids is 2. The van der Waals surface area contributed by atoms with Crippen molar-refractivity contribution in [3.8, 4) is 0 Å². The van der Waals surface area contributed by atoms with E-state index in [9.17, 15) is 14.0 Å². The van der Waals surface area contributed by atoms with Gasteiger partial charge in [0.15, 0.2) is 0 Å². The Balaban J connectivity index is 1.47. The number of carbonyl (C=O) groups is 2. The molecule has 0 bridgehead atoms. The molecule has 0 saturated heterocycles. The van der Waals surface area contributed by atoms with E-state index in [1.165, 1.54) is 6.07 Å². The van der Waals surface area contributed by atoms with E-state index < -0.39 is 6.04 Å². The summed E-state index contributed by atoms with van der Waals surface area (Å²) in [5.41, 5.74) is 7.92. The van der Waals surface area contributed by atoms with Crippen molar-refractivity contribution < 1.29 is 14.0 Å². The Morgan fingerprint density at radius 1 is 1.15 bits per heavy atom. The second-order valence-electron chi connectivity index (χ2n) is 6.98. The van der Waals surface area contributed by atoms with E-state index in [4.69, 9.17) is 5.73 Å². The molecule has 1 fully saturated rings. The van der Waals surface area contributed by atoms with Gasteiger partial charge in [-0.2, -0.15) is 0 Å². The Morgan fingerprint density at radius 2 is 1.93 bits per heavy atom. The Hall–Kier alpha value is -2.73. The van der Waals surface area contributed by atoms with E-state index in [0.717, 1.165) is 18.4 Å². The minimum absolute atomic E-state index is 0.0856. The number of rotatable bonds is 8. The first-order valence-corrected chi connectivity index (χ1v) is 9.17. The third-order valence-corrected chi connectivity index (χ3v) is 4.48. The number of nitrogens with two attached hydrogens (primary N) is 1. The highest BCUT2D eigenvalue weighted by molar-refractivity contribution is 5.94. The summed E-state index contributed by atoms with van der Waals surface area (Å²) in [7, 11) is 0. The molecule has 0 aliphatic heterocycles. The molecule has 2 aromatic rings. The predicted molar refractivity (Wildman–Crippen MR) is 101 cm³/mol. The number of hydrogen-bond donors (Lipinski definition) is 3. The second-order valence-corrected chi connectivity index (χ2v) is 6.98. The fourth-order valence-corrected chi connectivity index (χ4v) is 2.85. The zero-order valence-corrected chi connectivity index (χ0v) is 15.1. The minimum Gasteiger partial charge on any atom is -0.352 e. The van der Waals surface area contributed by atoms with Gasteiger partial charge in [0.05, 0.1) is 0 Å². The molecule has 5 nitrogen and oxygen atoms in total. The number of halogens is 1. The lowest BCUT2D eigenvalue weighted by atomic mass is 10.0. The topological polar surface area (TPSA) is 84.2 Å². The maximum absolute atomic E-state index is 13.7. The molecule has 0 radical (unpaired) electrons. The van der Waals surface area contributed by atoms with Crippen LogP contribution in [0.1, 0.15) is 40.7 Å². The van der Waals surface area contributed by atoms with Crippen LogP contribution in [0, 0.1) is 5.82 Å². The maximum Gasteiger partial charge on any atom is 0.251 e. The Bertz CT molecular complexity index is 821. The van der Waals surface area contributed by atoms with Gasteiger partial charge in [-0.3, -0.25) is 9.59 Å². The molecule has 1 aliphatic carbocycles. The molecule has 0 aromatic heterocycles. The van der Waals surface area contributed by atoms with E-state index in [2.05, 4.69) is 10.6 Å². The lowest BCUT2D eigenvalue weighted by molar-refractivity contribution is -0.121. The number of hydrogen-bond acceptors (Lipinski definition) is 3. The van der Waals surface area contributed by atoms with Crippen LogP contribution in [0.2, 0.25) is 0 Å². The maximum atomic E-state index is 13.7. The van der Waals surface area contributed by atoms with Crippen molar-refractivity contribution in [2.75, 3.05) is 0 Å². The summed E-state index contributed by atoms with van der Waals surface area (Å²) in [4.78, 5) is 24.2. The summed E-state index contributed by atoms with van der Waals surface area (Å²) in [5, 5.41) is 5.75. The smallest absolute Gasteiger partial charge is 0.251 e. The summed E-state index contributed by atoms with van der Waals surface area (Å²) in [6.07, 6.45) is 2.48. The van der Waals surface area contributed by atoms with E-state index in [1.54, 1.807) is 36.4 Å². The summed E-state index contributed by atoms with van der Waals surface area (Å²) < 4.78 is 13.7. The molecule has 0 spiro atoms. The van der Waals surface area contributed by atoms with Gasteiger partial charge in [0.25, 0.3) is 5.91 Å². The third-order valence-electron chi connectivity index (χ3n) is 4.48. The molecule has 1 atom stereocenters. The van der Waals surface area contributed by atoms with Crippen LogP contribution in [0.5, 0.6) is 0 Å². The standard InChI is InChI=1S/C21H24FN3O2/c22-19-7-2-1-5-15(19)11-17(23)12-20(26)24-13-14-4-3-6-16(10-14)21(27)25-18-8-9-18/h1-7,10,17-18H,8-9,11-13,23H2,(H,24,26)(H,25,27)/t17-/m1/s1. The van der Waals surface area contributed by atoms with Gasteiger partial charge in [-0.25, -0.2) is 4.39 Å². The molecule has 0 unspecified atom stereocenters. The molecule has 3 rings (SSSR count). The zero-order chi connectivity index (χ0) is 19.2. The van der Waals surface area contributed by atoms with E-state index in [-0.39, 0.29) is 24.1 Å². The van der Waals surface area contributed by atoms with Crippen molar-refractivity contribution >= 4 is 11.8 Å². The molecule has 0 heterocycles. The van der Waals surface area contributed by atoms with Gasteiger partial charge in [0, 0.05) is 30.6 Å². The first-order chi connectivity index (χ1) is 13.0. The molecule has 1 saturated carbocycles. The van der Waals surface area contributed by atoms with Crippen LogP contribution in [0.4, 0.5) is 4.39 Å². The van der Waals surface area contributed by atoms with Gasteiger partial charge >= 0.3 is 0 Å². The van der Waals surface area contributed by atoms with E-state index in [1.807, 2.05) is 6.07 Å². The molecule has 27 heavy (non-hydrogen) atoms. The summed E-state index contributed by atoms with van der Waals surface area (Å²) in [5.74, 6) is -0.598. The molecule has 142 valence electrons. The lowest BCUT2D eigenvalue weighted by Crippen LogP contribution is -2.33. The predicted octanol–water partition coefficient (Wildman–Crippen LogP) is 2.29. The average molecular weight is 369 g/mol. The Labute approximate surface area is 158 Å². The first-order valence-electron chi connectivity index (χ1n) is 9.17. The lowest BCUT2D eigenvalue weighted by Gasteiger charge is -2.13. The molecular weight excluding hydrogens is 345 g/mol. The summed E-state index contributed by atoms with van der Waals surface area (Å²) in [6.45, 7) is 0.315. The van der Waals surface area contributed by atoms with Crippen molar-refractivity contribution in [3.05, 3.63) is 71.0 Å². The van der Waals surface area contributed by atoms with Gasteiger partial charge in [-0.05, 0) is 48.6 Å². The van der Waals surface area contributed by atoms with Gasteiger partial charge in [-0.1, -0.05) is 30.3 Å². The molecule has 2 amide bonds. The van der Waals surface area contributed by atoms with Crippen LogP contribution in [-0.4, -0.2) is 23.9 Å². The van der Waals surface area contributed by atoms with Crippen molar-refractivity contribution in [1.29, 1.82) is 0 Å². The van der Waals surface area contributed by atoms with Gasteiger partial charge in [0.1, 0.15) is 5.82 Å². The van der Waals surface area contributed by atoms with Gasteiger partial charge in [0.2, 0.25) is 5.91 Å². The summed E-state index contributed by atoms with van der Waals surface area (Å²) in [6, 6.07) is 13.5. The number of amides is 2. The van der Waals surface area contributed by atoms with Crippen LogP contribution in [0.3, 0.4) is 0 Å². The Morgan fingerprint density at radius 3 is 2.67 bits per heavy atom. The van der Waals surface area contributed by atoms with Crippen LogP contribution in [0.25, 0.3) is 0 Å². The SMILES string of the molecule is N[C@@H](CC(=O)NCc1cccc(C(=O)NC2CC2)c1)Cc1ccccc1F. The van der Waals surface area contributed by atoms with Gasteiger partial charge < -0.3 is 16.4 Å². The largest absolute Gasteiger partial charge is 0.352 e. The highest BCUT2D eigenvalue weighted by atomic mass is 19.1. The highest BCUT2D eigenvalue weighted by Gasteiger charge is 2.23.